The molecule has 3 N–H and O–H groups in total. The molecule has 2 atom stereocenters. The van der Waals surface area contributed by atoms with Crippen molar-refractivity contribution in [3.05, 3.63) is 0 Å². The van der Waals surface area contributed by atoms with Gasteiger partial charge in [-0.25, -0.2) is 0 Å². The standard InChI is InChI=1S/C16H28N2O3/c1-11-3-6-16(21,7-4-11)10-18-14(19)5-8-17-15(20)13-9-12(13)2/h11-13,21H,3-10H2,1-2H3,(H,17,20)(H,18,19). The van der Waals surface area contributed by atoms with Crippen LogP contribution in [0.3, 0.4) is 0 Å². The molecule has 0 radical (unpaired) electrons. The number of hydrogen-bond acceptors (Lipinski definition) is 3. The fraction of sp³-hybridized carbons (Fsp3) is 0.875. The summed E-state index contributed by atoms with van der Waals surface area (Å²) in [7, 11) is 0. The first-order valence-corrected chi connectivity index (χ1v) is 8.16. The molecule has 120 valence electrons. The van der Waals surface area contributed by atoms with Crippen molar-refractivity contribution in [3.63, 3.8) is 0 Å². The molecule has 2 aliphatic rings. The molecule has 21 heavy (non-hydrogen) atoms. The molecule has 2 rings (SSSR count). The van der Waals surface area contributed by atoms with Gasteiger partial charge in [-0.15, -0.1) is 0 Å². The number of carbonyl (C=O) groups excluding carboxylic acids is 2. The Hall–Kier alpha value is -1.10. The Balaban J connectivity index is 1.58. The lowest BCUT2D eigenvalue weighted by atomic mass is 9.79. The molecule has 2 aliphatic carbocycles. The predicted octanol–water partition coefficient (Wildman–Crippen LogP) is 1.21. The third kappa shape index (κ3) is 4.99. The number of carbonyl (C=O) groups is 2. The van der Waals surface area contributed by atoms with Gasteiger partial charge in [-0.1, -0.05) is 13.8 Å². The van der Waals surface area contributed by atoms with Crippen LogP contribution in [0.15, 0.2) is 0 Å². The van der Waals surface area contributed by atoms with Crippen LogP contribution < -0.4 is 10.6 Å². The predicted molar refractivity (Wildman–Crippen MR) is 80.5 cm³/mol. The normalized spacial score (nSPS) is 35.1. The molecule has 2 saturated carbocycles. The molecule has 0 heterocycles. The highest BCUT2D eigenvalue weighted by molar-refractivity contribution is 5.82. The molecule has 0 aromatic carbocycles. The average Bonchev–Trinajstić information content (AvgIpc) is 3.18. The van der Waals surface area contributed by atoms with Gasteiger partial charge in [-0.05, 0) is 43.9 Å². The Morgan fingerprint density at radius 2 is 1.81 bits per heavy atom. The van der Waals surface area contributed by atoms with E-state index in [0.29, 0.717) is 24.9 Å². The van der Waals surface area contributed by atoms with Gasteiger partial charge in [0.1, 0.15) is 0 Å². The number of nitrogens with one attached hydrogen (secondary N) is 2. The summed E-state index contributed by atoms with van der Waals surface area (Å²) in [5, 5.41) is 16.0. The van der Waals surface area contributed by atoms with Crippen molar-refractivity contribution in [3.8, 4) is 0 Å². The molecule has 5 nitrogen and oxygen atoms in total. The van der Waals surface area contributed by atoms with Gasteiger partial charge < -0.3 is 15.7 Å². The molecule has 0 spiro atoms. The smallest absolute Gasteiger partial charge is 0.223 e. The zero-order valence-electron chi connectivity index (χ0n) is 13.2. The van der Waals surface area contributed by atoms with Gasteiger partial charge in [0.15, 0.2) is 0 Å². The second-order valence-electron chi connectivity index (χ2n) is 7.04. The van der Waals surface area contributed by atoms with Crippen molar-refractivity contribution in [2.45, 2.75) is 58.0 Å². The second-order valence-corrected chi connectivity index (χ2v) is 7.04. The maximum absolute atomic E-state index is 11.8. The van der Waals surface area contributed by atoms with Crippen LogP contribution in [0.1, 0.15) is 52.4 Å². The summed E-state index contributed by atoms with van der Waals surface area (Å²) in [6.07, 6.45) is 4.78. The summed E-state index contributed by atoms with van der Waals surface area (Å²) in [5.74, 6) is 1.27. The monoisotopic (exact) mass is 296 g/mol. The van der Waals surface area contributed by atoms with E-state index in [1.807, 2.05) is 0 Å². The van der Waals surface area contributed by atoms with E-state index in [4.69, 9.17) is 0 Å². The molecule has 2 unspecified atom stereocenters. The van der Waals surface area contributed by atoms with Crippen LogP contribution in [0.25, 0.3) is 0 Å². The van der Waals surface area contributed by atoms with Crippen molar-refractivity contribution >= 4 is 11.8 Å². The molecule has 2 fully saturated rings. The fourth-order valence-electron chi connectivity index (χ4n) is 2.95. The lowest BCUT2D eigenvalue weighted by molar-refractivity contribution is -0.124. The summed E-state index contributed by atoms with van der Waals surface area (Å²) < 4.78 is 0. The molecule has 2 amide bonds. The number of amides is 2. The van der Waals surface area contributed by atoms with E-state index < -0.39 is 5.60 Å². The SMILES string of the molecule is CC1CCC(O)(CNC(=O)CCNC(=O)C2CC2C)CC1. The minimum atomic E-state index is -0.741. The van der Waals surface area contributed by atoms with E-state index >= 15 is 0 Å². The van der Waals surface area contributed by atoms with Crippen molar-refractivity contribution in [1.82, 2.24) is 10.6 Å². The zero-order chi connectivity index (χ0) is 15.5. The third-order valence-electron chi connectivity index (χ3n) is 4.92. The van der Waals surface area contributed by atoms with E-state index in [0.717, 1.165) is 32.1 Å². The molecule has 0 aromatic heterocycles. The van der Waals surface area contributed by atoms with Crippen LogP contribution in [0, 0.1) is 17.8 Å². The Morgan fingerprint density at radius 3 is 2.38 bits per heavy atom. The first kappa shape index (κ1) is 16.3. The van der Waals surface area contributed by atoms with Crippen LogP contribution in [-0.4, -0.2) is 35.6 Å². The maximum atomic E-state index is 11.8. The van der Waals surface area contributed by atoms with Gasteiger partial charge in [-0.2, -0.15) is 0 Å². The maximum Gasteiger partial charge on any atom is 0.223 e. The van der Waals surface area contributed by atoms with Crippen LogP contribution in [0.2, 0.25) is 0 Å². The fourth-order valence-corrected chi connectivity index (χ4v) is 2.95. The molecule has 0 aromatic rings. The quantitative estimate of drug-likeness (QED) is 0.689. The highest BCUT2D eigenvalue weighted by atomic mass is 16.3. The summed E-state index contributed by atoms with van der Waals surface area (Å²) >= 11 is 0. The number of hydrogen-bond donors (Lipinski definition) is 3. The van der Waals surface area contributed by atoms with Crippen LogP contribution >= 0.6 is 0 Å². The van der Waals surface area contributed by atoms with Crippen LogP contribution in [0.4, 0.5) is 0 Å². The highest BCUT2D eigenvalue weighted by Gasteiger charge is 2.38. The van der Waals surface area contributed by atoms with Crippen molar-refractivity contribution in [2.24, 2.45) is 17.8 Å². The molecular weight excluding hydrogens is 268 g/mol. The Labute approximate surface area is 126 Å². The number of aliphatic hydroxyl groups is 1. The van der Waals surface area contributed by atoms with Crippen molar-refractivity contribution in [1.29, 1.82) is 0 Å². The van der Waals surface area contributed by atoms with Crippen LogP contribution in [0.5, 0.6) is 0 Å². The average molecular weight is 296 g/mol. The van der Waals surface area contributed by atoms with E-state index in [2.05, 4.69) is 24.5 Å². The highest BCUT2D eigenvalue weighted by Crippen LogP contribution is 2.37. The van der Waals surface area contributed by atoms with Crippen LogP contribution in [-0.2, 0) is 9.59 Å². The van der Waals surface area contributed by atoms with Crippen molar-refractivity contribution < 1.29 is 14.7 Å². The largest absolute Gasteiger partial charge is 0.388 e. The molecular formula is C16H28N2O3. The third-order valence-corrected chi connectivity index (χ3v) is 4.92. The first-order valence-electron chi connectivity index (χ1n) is 8.16. The van der Waals surface area contributed by atoms with Gasteiger partial charge in [-0.3, -0.25) is 9.59 Å². The number of rotatable bonds is 6. The lowest BCUT2D eigenvalue weighted by Crippen LogP contribution is -2.45. The first-order chi connectivity index (χ1) is 9.89. The topological polar surface area (TPSA) is 78.4 Å². The Bertz CT molecular complexity index is 389. The molecule has 0 aliphatic heterocycles. The lowest BCUT2D eigenvalue weighted by Gasteiger charge is -2.34. The Kier molecular flexibility index (Phi) is 5.25. The van der Waals surface area contributed by atoms with Crippen molar-refractivity contribution in [2.75, 3.05) is 13.1 Å². The zero-order valence-corrected chi connectivity index (χ0v) is 13.2. The van der Waals surface area contributed by atoms with Gasteiger partial charge in [0.25, 0.3) is 0 Å². The molecule has 0 bridgehead atoms. The summed E-state index contributed by atoms with van der Waals surface area (Å²) in [4.78, 5) is 23.4. The van der Waals surface area contributed by atoms with E-state index in [1.165, 1.54) is 0 Å². The minimum Gasteiger partial charge on any atom is -0.388 e. The van der Waals surface area contributed by atoms with Gasteiger partial charge >= 0.3 is 0 Å². The van der Waals surface area contributed by atoms with Gasteiger partial charge in [0, 0.05) is 25.4 Å². The minimum absolute atomic E-state index is 0.0650. The Morgan fingerprint density at radius 1 is 1.19 bits per heavy atom. The van der Waals surface area contributed by atoms with Gasteiger partial charge in [0.05, 0.1) is 5.60 Å². The molecule has 5 heteroatoms. The molecule has 0 saturated heterocycles. The van der Waals surface area contributed by atoms with Gasteiger partial charge in [0.2, 0.25) is 11.8 Å². The second kappa shape index (κ2) is 6.77. The summed E-state index contributed by atoms with van der Waals surface area (Å²) in [6.45, 7) is 4.96. The van der Waals surface area contributed by atoms with E-state index in [-0.39, 0.29) is 24.2 Å². The summed E-state index contributed by atoms with van der Waals surface area (Å²) in [5.41, 5.74) is -0.741. The summed E-state index contributed by atoms with van der Waals surface area (Å²) in [6, 6.07) is 0. The van der Waals surface area contributed by atoms with E-state index in [1.54, 1.807) is 0 Å². The van der Waals surface area contributed by atoms with E-state index in [9.17, 15) is 14.7 Å².